The standard InChI is InChI=1S/C18H18ClNO4S/c1-2-8-24-16-6-5-13(19)9-12(16)10-14(21)11-25-17-15(18(22)23)4-3-7-20-17/h3-7,9H,2,8,10-11H2,1H3,(H,22,23). The first-order valence-electron chi connectivity index (χ1n) is 7.75. The van der Waals surface area contributed by atoms with Crippen LogP contribution in [0.4, 0.5) is 0 Å². The number of pyridine rings is 1. The van der Waals surface area contributed by atoms with Gasteiger partial charge in [-0.15, -0.1) is 0 Å². The van der Waals surface area contributed by atoms with Crippen LogP contribution in [0.1, 0.15) is 29.3 Å². The molecule has 25 heavy (non-hydrogen) atoms. The highest BCUT2D eigenvalue weighted by Gasteiger charge is 2.15. The summed E-state index contributed by atoms with van der Waals surface area (Å²) >= 11 is 7.13. The molecule has 0 unspecified atom stereocenters. The van der Waals surface area contributed by atoms with E-state index in [0.29, 0.717) is 22.4 Å². The second kappa shape index (κ2) is 9.44. The molecule has 0 aliphatic heterocycles. The third-order valence-corrected chi connectivity index (χ3v) is 4.54. The molecular weight excluding hydrogens is 362 g/mol. The van der Waals surface area contributed by atoms with Crippen LogP contribution in [0.5, 0.6) is 5.75 Å². The maximum Gasteiger partial charge on any atom is 0.338 e. The summed E-state index contributed by atoms with van der Waals surface area (Å²) in [6, 6.07) is 8.23. The number of carboxylic acid groups (broad SMARTS) is 1. The van der Waals surface area contributed by atoms with Gasteiger partial charge in [0.1, 0.15) is 16.6 Å². The van der Waals surface area contributed by atoms with Gasteiger partial charge in [-0.1, -0.05) is 30.3 Å². The Bertz CT molecular complexity index is 766. The zero-order chi connectivity index (χ0) is 18.2. The quantitative estimate of drug-likeness (QED) is 0.660. The van der Waals surface area contributed by atoms with Crippen LogP contribution < -0.4 is 4.74 Å². The number of aromatic nitrogens is 1. The summed E-state index contributed by atoms with van der Waals surface area (Å²) in [5.41, 5.74) is 0.820. The summed E-state index contributed by atoms with van der Waals surface area (Å²) in [6.45, 7) is 2.57. The van der Waals surface area contributed by atoms with Crippen molar-refractivity contribution in [3.05, 3.63) is 52.7 Å². The predicted octanol–water partition coefficient (Wildman–Crippen LogP) is 4.13. The molecule has 1 N–H and O–H groups in total. The van der Waals surface area contributed by atoms with E-state index in [-0.39, 0.29) is 23.5 Å². The van der Waals surface area contributed by atoms with Gasteiger partial charge < -0.3 is 9.84 Å². The largest absolute Gasteiger partial charge is 0.493 e. The number of halogens is 1. The van der Waals surface area contributed by atoms with Crippen LogP contribution in [-0.2, 0) is 11.2 Å². The summed E-state index contributed by atoms with van der Waals surface area (Å²) < 4.78 is 5.65. The van der Waals surface area contributed by atoms with Gasteiger partial charge in [0, 0.05) is 23.2 Å². The van der Waals surface area contributed by atoms with Gasteiger partial charge in [0.25, 0.3) is 0 Å². The Kier molecular flexibility index (Phi) is 7.28. The van der Waals surface area contributed by atoms with Gasteiger partial charge in [-0.3, -0.25) is 4.79 Å². The van der Waals surface area contributed by atoms with Crippen molar-refractivity contribution in [1.82, 2.24) is 4.98 Å². The van der Waals surface area contributed by atoms with Crippen molar-refractivity contribution in [2.75, 3.05) is 12.4 Å². The summed E-state index contributed by atoms with van der Waals surface area (Å²) in [4.78, 5) is 27.5. The van der Waals surface area contributed by atoms with Crippen LogP contribution in [0.2, 0.25) is 5.02 Å². The number of Topliss-reactive ketones (excluding diaryl/α,β-unsaturated/α-hetero) is 1. The van der Waals surface area contributed by atoms with Gasteiger partial charge in [0.15, 0.2) is 0 Å². The molecule has 132 valence electrons. The van der Waals surface area contributed by atoms with E-state index in [0.717, 1.165) is 23.7 Å². The Morgan fingerprint density at radius 3 is 2.84 bits per heavy atom. The van der Waals surface area contributed by atoms with Crippen molar-refractivity contribution in [2.45, 2.75) is 24.8 Å². The first-order chi connectivity index (χ1) is 12.0. The minimum absolute atomic E-state index is 0.0596. The number of ether oxygens (including phenoxy) is 1. The fourth-order valence-electron chi connectivity index (χ4n) is 2.12. The van der Waals surface area contributed by atoms with E-state index in [1.807, 2.05) is 6.92 Å². The molecule has 0 atom stereocenters. The van der Waals surface area contributed by atoms with Crippen LogP contribution in [0.3, 0.4) is 0 Å². The lowest BCUT2D eigenvalue weighted by molar-refractivity contribution is -0.116. The third kappa shape index (κ3) is 5.76. The monoisotopic (exact) mass is 379 g/mol. The minimum Gasteiger partial charge on any atom is -0.493 e. The number of ketones is 1. The molecule has 0 amide bonds. The lowest BCUT2D eigenvalue weighted by Gasteiger charge is -2.11. The zero-order valence-electron chi connectivity index (χ0n) is 13.7. The second-order valence-corrected chi connectivity index (χ2v) is 6.67. The Hall–Kier alpha value is -2.05. The molecule has 1 aromatic heterocycles. The van der Waals surface area contributed by atoms with Crippen molar-refractivity contribution in [3.63, 3.8) is 0 Å². The Morgan fingerprint density at radius 2 is 2.12 bits per heavy atom. The number of hydrogen-bond acceptors (Lipinski definition) is 5. The third-order valence-electron chi connectivity index (χ3n) is 3.24. The predicted molar refractivity (Wildman–Crippen MR) is 97.9 cm³/mol. The van der Waals surface area contributed by atoms with E-state index in [1.165, 1.54) is 12.3 Å². The molecule has 0 bridgehead atoms. The van der Waals surface area contributed by atoms with Crippen LogP contribution >= 0.6 is 23.4 Å². The Balaban J connectivity index is 2.03. The Labute approximate surface area is 155 Å². The number of carbonyl (C=O) groups is 2. The fourth-order valence-corrected chi connectivity index (χ4v) is 3.16. The number of carbonyl (C=O) groups excluding carboxylic acids is 1. The first-order valence-corrected chi connectivity index (χ1v) is 9.11. The average molecular weight is 380 g/mol. The number of carboxylic acids is 1. The highest BCUT2D eigenvalue weighted by molar-refractivity contribution is 8.00. The summed E-state index contributed by atoms with van der Waals surface area (Å²) in [7, 11) is 0. The van der Waals surface area contributed by atoms with Gasteiger partial charge in [0.2, 0.25) is 0 Å². The van der Waals surface area contributed by atoms with Gasteiger partial charge in [-0.2, -0.15) is 0 Å². The molecule has 0 radical (unpaired) electrons. The molecule has 0 saturated heterocycles. The molecule has 1 aromatic carbocycles. The van der Waals surface area contributed by atoms with Crippen LogP contribution in [-0.4, -0.2) is 34.2 Å². The zero-order valence-corrected chi connectivity index (χ0v) is 15.3. The molecule has 2 rings (SSSR count). The number of benzene rings is 1. The average Bonchev–Trinajstić information content (AvgIpc) is 2.59. The molecule has 7 heteroatoms. The summed E-state index contributed by atoms with van der Waals surface area (Å²) in [6.07, 6.45) is 2.54. The first kappa shape index (κ1) is 19.3. The number of aromatic carboxylic acids is 1. The van der Waals surface area contributed by atoms with Gasteiger partial charge in [-0.25, -0.2) is 9.78 Å². The van der Waals surface area contributed by atoms with Crippen molar-refractivity contribution >= 4 is 35.1 Å². The molecule has 5 nitrogen and oxygen atoms in total. The van der Waals surface area contributed by atoms with Gasteiger partial charge in [0.05, 0.1) is 17.9 Å². The summed E-state index contributed by atoms with van der Waals surface area (Å²) in [5, 5.41) is 10.0. The van der Waals surface area contributed by atoms with E-state index in [9.17, 15) is 9.59 Å². The number of nitrogens with zero attached hydrogens (tertiary/aromatic N) is 1. The lowest BCUT2D eigenvalue weighted by atomic mass is 10.1. The highest BCUT2D eigenvalue weighted by atomic mass is 35.5. The molecule has 0 aliphatic rings. The van der Waals surface area contributed by atoms with Gasteiger partial charge in [-0.05, 0) is 36.8 Å². The SMILES string of the molecule is CCCOc1ccc(Cl)cc1CC(=O)CSc1ncccc1C(=O)O. The Morgan fingerprint density at radius 1 is 1.32 bits per heavy atom. The van der Waals surface area contributed by atoms with Gasteiger partial charge >= 0.3 is 5.97 Å². The van der Waals surface area contributed by atoms with E-state index in [4.69, 9.17) is 21.4 Å². The molecule has 0 aliphatic carbocycles. The maximum absolute atomic E-state index is 12.3. The molecule has 0 saturated carbocycles. The number of thioether (sulfide) groups is 1. The summed E-state index contributed by atoms with van der Waals surface area (Å²) in [5.74, 6) is -0.353. The van der Waals surface area contributed by atoms with E-state index < -0.39 is 5.97 Å². The minimum atomic E-state index is -1.06. The van der Waals surface area contributed by atoms with E-state index >= 15 is 0 Å². The van der Waals surface area contributed by atoms with Crippen molar-refractivity contribution in [2.24, 2.45) is 0 Å². The number of hydrogen-bond donors (Lipinski definition) is 1. The molecule has 2 aromatic rings. The van der Waals surface area contributed by atoms with Crippen molar-refractivity contribution < 1.29 is 19.4 Å². The molecular formula is C18H18ClNO4S. The van der Waals surface area contributed by atoms with Crippen LogP contribution in [0.15, 0.2) is 41.6 Å². The van der Waals surface area contributed by atoms with E-state index in [1.54, 1.807) is 24.3 Å². The maximum atomic E-state index is 12.3. The molecule has 1 heterocycles. The van der Waals surface area contributed by atoms with Crippen LogP contribution in [0.25, 0.3) is 0 Å². The number of rotatable bonds is 9. The second-order valence-electron chi connectivity index (χ2n) is 5.27. The molecule has 0 fully saturated rings. The van der Waals surface area contributed by atoms with Crippen molar-refractivity contribution in [3.8, 4) is 5.75 Å². The lowest BCUT2D eigenvalue weighted by Crippen LogP contribution is -2.09. The normalized spacial score (nSPS) is 10.5. The van der Waals surface area contributed by atoms with Crippen molar-refractivity contribution in [1.29, 1.82) is 0 Å². The topological polar surface area (TPSA) is 76.5 Å². The van der Waals surface area contributed by atoms with Crippen LogP contribution in [0, 0.1) is 0 Å². The van der Waals surface area contributed by atoms with E-state index in [2.05, 4.69) is 4.98 Å². The highest BCUT2D eigenvalue weighted by Crippen LogP contribution is 2.25. The fraction of sp³-hybridized carbons (Fsp3) is 0.278. The smallest absolute Gasteiger partial charge is 0.338 e. The molecule has 0 spiro atoms.